The van der Waals surface area contributed by atoms with Crippen LogP contribution in [0.3, 0.4) is 0 Å². The molecule has 0 unspecified atom stereocenters. The first-order valence-electron chi connectivity index (χ1n) is 17.9. The molecule has 11 heteroatoms. The number of carboxylic acids is 1. The molecule has 1 atom stereocenters. The van der Waals surface area contributed by atoms with Crippen LogP contribution in [0.4, 0.5) is 0 Å². The summed E-state index contributed by atoms with van der Waals surface area (Å²) in [6, 6.07) is 19.3. The molecule has 1 saturated heterocycles. The van der Waals surface area contributed by atoms with Gasteiger partial charge in [-0.25, -0.2) is 0 Å². The number of carbonyl (C=O) groups is 1. The van der Waals surface area contributed by atoms with Gasteiger partial charge in [0.15, 0.2) is 0 Å². The van der Waals surface area contributed by atoms with Crippen molar-refractivity contribution < 1.29 is 43.4 Å². The van der Waals surface area contributed by atoms with Gasteiger partial charge < -0.3 is 44.0 Å². The molecule has 1 heterocycles. The van der Waals surface area contributed by atoms with Crippen LogP contribution in [-0.4, -0.2) is 75.3 Å². The SMILES string of the molecule is COc1cc(OCc2cccc(-c3cccc(COc4cc(OC)c(CN5CCCC[C@H]5C(=O)O)c(OC)c4)c3C)c2C)cc(OC)c1CNCCO. The summed E-state index contributed by atoms with van der Waals surface area (Å²) in [6.45, 7) is 7.00. The van der Waals surface area contributed by atoms with Crippen LogP contribution < -0.4 is 33.7 Å². The third-order valence-corrected chi connectivity index (χ3v) is 9.98. The maximum absolute atomic E-state index is 11.9. The molecule has 0 aliphatic carbocycles. The zero-order chi connectivity index (χ0) is 37.9. The largest absolute Gasteiger partial charge is 0.496 e. The summed E-state index contributed by atoms with van der Waals surface area (Å²) in [6.07, 6.45) is 2.49. The topological polar surface area (TPSA) is 128 Å². The third kappa shape index (κ3) is 9.34. The van der Waals surface area contributed by atoms with Crippen LogP contribution in [0.1, 0.15) is 52.6 Å². The molecule has 0 saturated carbocycles. The van der Waals surface area contributed by atoms with Crippen LogP contribution >= 0.6 is 0 Å². The molecule has 1 fully saturated rings. The first-order chi connectivity index (χ1) is 25.7. The van der Waals surface area contributed by atoms with E-state index in [1.807, 2.05) is 41.3 Å². The number of methoxy groups -OCH3 is 4. The average Bonchev–Trinajstić information content (AvgIpc) is 3.17. The molecule has 4 aromatic rings. The summed E-state index contributed by atoms with van der Waals surface area (Å²) >= 11 is 0. The molecule has 53 heavy (non-hydrogen) atoms. The lowest BCUT2D eigenvalue weighted by Crippen LogP contribution is -2.44. The van der Waals surface area contributed by atoms with E-state index in [1.54, 1.807) is 28.4 Å². The van der Waals surface area contributed by atoms with Crippen LogP contribution in [0.15, 0.2) is 60.7 Å². The van der Waals surface area contributed by atoms with Gasteiger partial charge in [0, 0.05) is 43.9 Å². The lowest BCUT2D eigenvalue weighted by atomic mass is 9.92. The highest BCUT2D eigenvalue weighted by Gasteiger charge is 2.30. The Morgan fingerprint density at radius 2 is 1.25 bits per heavy atom. The number of aliphatic hydroxyl groups is 1. The van der Waals surface area contributed by atoms with Gasteiger partial charge in [-0.15, -0.1) is 0 Å². The van der Waals surface area contributed by atoms with Crippen LogP contribution in [0.5, 0.6) is 34.5 Å². The zero-order valence-corrected chi connectivity index (χ0v) is 31.6. The number of carboxylic acid groups (broad SMARTS) is 1. The molecule has 3 N–H and O–H groups in total. The van der Waals surface area contributed by atoms with E-state index in [2.05, 4.69) is 43.4 Å². The van der Waals surface area contributed by atoms with Gasteiger partial charge >= 0.3 is 5.97 Å². The van der Waals surface area contributed by atoms with Crippen molar-refractivity contribution in [3.8, 4) is 45.6 Å². The third-order valence-electron chi connectivity index (χ3n) is 9.98. The van der Waals surface area contributed by atoms with Crippen LogP contribution in [-0.2, 0) is 31.1 Å². The molecule has 0 amide bonds. The van der Waals surface area contributed by atoms with Crippen molar-refractivity contribution in [1.82, 2.24) is 10.2 Å². The van der Waals surface area contributed by atoms with E-state index >= 15 is 0 Å². The predicted molar refractivity (Wildman–Crippen MR) is 204 cm³/mol. The molecule has 4 aromatic carbocycles. The Labute approximate surface area is 312 Å². The number of aliphatic carboxylic acids is 1. The summed E-state index contributed by atoms with van der Waals surface area (Å²) < 4.78 is 35.5. The van der Waals surface area contributed by atoms with E-state index in [1.165, 1.54) is 0 Å². The fourth-order valence-electron chi connectivity index (χ4n) is 6.96. The number of nitrogens with zero attached hydrogens (tertiary/aromatic N) is 1. The highest BCUT2D eigenvalue weighted by atomic mass is 16.5. The monoisotopic (exact) mass is 728 g/mol. The number of hydrogen-bond acceptors (Lipinski definition) is 10. The quantitative estimate of drug-likeness (QED) is 0.0950. The molecule has 0 spiro atoms. The Balaban J connectivity index is 1.32. The zero-order valence-electron chi connectivity index (χ0n) is 31.6. The lowest BCUT2D eigenvalue weighted by Gasteiger charge is -2.33. The molecule has 5 rings (SSSR count). The van der Waals surface area contributed by atoms with Crippen LogP contribution in [0.25, 0.3) is 11.1 Å². The summed E-state index contributed by atoms with van der Waals surface area (Å²) in [5.74, 6) is 2.89. The second-order valence-corrected chi connectivity index (χ2v) is 13.1. The van der Waals surface area contributed by atoms with Crippen molar-refractivity contribution in [3.63, 3.8) is 0 Å². The molecule has 11 nitrogen and oxygen atoms in total. The standard InChI is InChI=1S/C42H52N2O9/c1-27-29(25-52-31-19-38(48-3)35(23-43-16-18-45)39(20-31)49-4)11-9-13-33(27)34-14-10-12-30(28(34)2)26-53-32-21-40(50-5)36(41(22-32)51-6)24-44-17-8-7-15-37(44)42(46)47/h9-14,19-22,37,43,45H,7-8,15-18,23-26H2,1-6H3,(H,46,47)/t37-/m0/s1. The number of aliphatic hydroxyl groups excluding tert-OH is 1. The van der Waals surface area contributed by atoms with Crippen LogP contribution in [0.2, 0.25) is 0 Å². The van der Waals surface area contributed by atoms with Gasteiger partial charge in [-0.2, -0.15) is 0 Å². The number of nitrogens with one attached hydrogen (secondary N) is 1. The number of rotatable bonds is 18. The second kappa shape index (κ2) is 18.7. The van der Waals surface area contributed by atoms with Crippen molar-refractivity contribution in [2.75, 3.05) is 48.1 Å². The molecule has 284 valence electrons. The number of ether oxygens (including phenoxy) is 6. The molecule has 0 bridgehead atoms. The minimum absolute atomic E-state index is 0.0425. The fourth-order valence-corrected chi connectivity index (χ4v) is 6.96. The Kier molecular flexibility index (Phi) is 13.8. The Hall–Kier alpha value is -4.97. The second-order valence-electron chi connectivity index (χ2n) is 13.1. The van der Waals surface area contributed by atoms with Crippen molar-refractivity contribution in [1.29, 1.82) is 0 Å². The van der Waals surface area contributed by atoms with E-state index in [-0.39, 0.29) is 6.61 Å². The van der Waals surface area contributed by atoms with Gasteiger partial charge in [-0.1, -0.05) is 42.8 Å². The smallest absolute Gasteiger partial charge is 0.320 e. The maximum Gasteiger partial charge on any atom is 0.320 e. The van der Waals surface area contributed by atoms with E-state index in [0.29, 0.717) is 80.3 Å². The first-order valence-corrected chi connectivity index (χ1v) is 17.9. The fraction of sp³-hybridized carbons (Fsp3) is 0.405. The number of likely N-dealkylation sites (tertiary alicyclic amines) is 1. The van der Waals surface area contributed by atoms with Crippen LogP contribution in [0, 0.1) is 13.8 Å². The van der Waals surface area contributed by atoms with Gasteiger partial charge in [0.25, 0.3) is 0 Å². The lowest BCUT2D eigenvalue weighted by molar-refractivity contribution is -0.144. The van der Waals surface area contributed by atoms with Crippen molar-refractivity contribution in [3.05, 3.63) is 94.0 Å². The Morgan fingerprint density at radius 3 is 1.70 bits per heavy atom. The van der Waals surface area contributed by atoms with E-state index in [4.69, 9.17) is 33.5 Å². The molecule has 0 radical (unpaired) electrons. The van der Waals surface area contributed by atoms with Gasteiger partial charge in [0.05, 0.1) is 46.2 Å². The molecule has 1 aliphatic rings. The summed E-state index contributed by atoms with van der Waals surface area (Å²) in [5.41, 5.74) is 8.17. The number of piperidine rings is 1. The number of hydrogen-bond donors (Lipinski definition) is 3. The minimum Gasteiger partial charge on any atom is -0.496 e. The molecular weight excluding hydrogens is 676 g/mol. The highest BCUT2D eigenvalue weighted by molar-refractivity contribution is 5.74. The molecular formula is C42H52N2O9. The molecule has 1 aliphatic heterocycles. The predicted octanol–water partition coefficient (Wildman–Crippen LogP) is 6.68. The minimum atomic E-state index is -0.802. The van der Waals surface area contributed by atoms with E-state index in [9.17, 15) is 9.90 Å². The van der Waals surface area contributed by atoms with Gasteiger partial charge in [0.2, 0.25) is 0 Å². The van der Waals surface area contributed by atoms with Crippen molar-refractivity contribution >= 4 is 5.97 Å². The summed E-state index contributed by atoms with van der Waals surface area (Å²) in [7, 11) is 6.43. The van der Waals surface area contributed by atoms with Gasteiger partial charge in [0.1, 0.15) is 53.8 Å². The highest BCUT2D eigenvalue weighted by Crippen LogP contribution is 2.38. The summed E-state index contributed by atoms with van der Waals surface area (Å²) in [5, 5.41) is 22.1. The number of benzene rings is 4. The van der Waals surface area contributed by atoms with Crippen molar-refractivity contribution in [2.24, 2.45) is 0 Å². The summed E-state index contributed by atoms with van der Waals surface area (Å²) in [4.78, 5) is 13.9. The van der Waals surface area contributed by atoms with Gasteiger partial charge in [-0.3, -0.25) is 9.69 Å². The normalized spacial score (nSPS) is 14.4. The van der Waals surface area contributed by atoms with Gasteiger partial charge in [-0.05, 0) is 66.6 Å². The Bertz CT molecular complexity index is 1810. The first kappa shape index (κ1) is 39.2. The van der Waals surface area contributed by atoms with Crippen molar-refractivity contribution in [2.45, 2.75) is 65.5 Å². The average molecular weight is 729 g/mol. The Morgan fingerprint density at radius 1 is 0.755 bits per heavy atom. The maximum atomic E-state index is 11.9. The van der Waals surface area contributed by atoms with E-state index in [0.717, 1.165) is 57.3 Å². The van der Waals surface area contributed by atoms with E-state index < -0.39 is 12.0 Å². The molecule has 0 aromatic heterocycles.